The summed E-state index contributed by atoms with van der Waals surface area (Å²) in [6, 6.07) is 51.5. The maximum Gasteiger partial charge on any atom is 0.338 e. The minimum Gasteiger partial charge on any atom is -0.452 e. The highest BCUT2D eigenvalue weighted by Gasteiger charge is 2.45. The second-order valence-corrected chi connectivity index (χ2v) is 13.1. The molecule has 0 saturated carbocycles. The van der Waals surface area contributed by atoms with E-state index in [0.29, 0.717) is 0 Å². The first-order valence-electron chi connectivity index (χ1n) is 18.7. The van der Waals surface area contributed by atoms with Gasteiger partial charge in [-0.25, -0.2) is 19.2 Å². The van der Waals surface area contributed by atoms with E-state index in [-0.39, 0.29) is 48.7 Å². The fourth-order valence-corrected chi connectivity index (χ4v) is 5.93. The Morgan fingerprint density at radius 2 is 0.569 bits per heavy atom. The monoisotopic (exact) mass is 778 g/mol. The Labute approximate surface area is 336 Å². The first-order chi connectivity index (χ1) is 28.4. The Morgan fingerprint density at radius 1 is 0.328 bits per heavy atom. The van der Waals surface area contributed by atoms with Crippen molar-refractivity contribution in [3.63, 3.8) is 0 Å². The number of ether oxygens (including phenoxy) is 6. The molecule has 6 aromatic rings. The number of benzene rings is 6. The van der Waals surface area contributed by atoms with Crippen LogP contribution in [0.25, 0.3) is 0 Å². The molecule has 0 amide bonds. The number of hydrogen-bond acceptors (Lipinski definition) is 10. The third-order valence-electron chi connectivity index (χ3n) is 8.89. The molecule has 0 radical (unpaired) electrons. The van der Waals surface area contributed by atoms with E-state index in [4.69, 9.17) is 28.4 Å². The van der Waals surface area contributed by atoms with Crippen LogP contribution in [0.5, 0.6) is 0 Å². The lowest BCUT2D eigenvalue weighted by Crippen LogP contribution is -2.54. The largest absolute Gasteiger partial charge is 0.452 e. The Kier molecular flexibility index (Phi) is 15.1. The van der Waals surface area contributed by atoms with Crippen LogP contribution in [-0.4, -0.2) is 61.5 Å². The molecular weight excluding hydrogens is 737 g/mol. The van der Waals surface area contributed by atoms with Gasteiger partial charge in [-0.15, -0.1) is 0 Å². The number of carbonyl (C=O) groups is 4. The first-order valence-corrected chi connectivity index (χ1v) is 18.7. The minimum absolute atomic E-state index is 0.0979. The van der Waals surface area contributed by atoms with Gasteiger partial charge in [-0.1, -0.05) is 133 Å². The molecule has 0 aliphatic heterocycles. The Bertz CT molecular complexity index is 2010. The highest BCUT2D eigenvalue weighted by atomic mass is 16.6. The molecule has 10 heteroatoms. The van der Waals surface area contributed by atoms with Crippen LogP contribution in [-0.2, 0) is 41.6 Å². The number of carbonyl (C=O) groups excluding carboxylic acids is 4. The van der Waals surface area contributed by atoms with Crippen LogP contribution < -0.4 is 0 Å². The van der Waals surface area contributed by atoms with Gasteiger partial charge in [0.1, 0.15) is 0 Å². The maximum absolute atomic E-state index is 14.1. The fraction of sp³-hybridized carbons (Fsp3) is 0.167. The molecule has 0 aliphatic rings. The van der Waals surface area contributed by atoms with Crippen LogP contribution in [0.2, 0.25) is 0 Å². The van der Waals surface area contributed by atoms with Crippen molar-refractivity contribution in [3.8, 4) is 0 Å². The topological polar surface area (TPSA) is 124 Å². The van der Waals surface area contributed by atoms with Gasteiger partial charge in [-0.05, 0) is 59.7 Å². The normalized spacial score (nSPS) is 12.9. The summed E-state index contributed by atoms with van der Waals surface area (Å²) in [7, 11) is 0. The second kappa shape index (κ2) is 21.4. The number of hydrogen-bond donors (Lipinski definition) is 0. The van der Waals surface area contributed by atoms with E-state index in [1.165, 1.54) is 0 Å². The number of esters is 4. The molecular formula is C48H42O10. The van der Waals surface area contributed by atoms with Gasteiger partial charge >= 0.3 is 23.9 Å². The third kappa shape index (κ3) is 12.1. The highest BCUT2D eigenvalue weighted by molar-refractivity contribution is 5.92. The molecule has 0 aliphatic carbocycles. The summed E-state index contributed by atoms with van der Waals surface area (Å²) >= 11 is 0. The summed E-state index contributed by atoms with van der Waals surface area (Å²) in [6.45, 7) is -0.463. The molecule has 0 unspecified atom stereocenters. The predicted molar refractivity (Wildman–Crippen MR) is 215 cm³/mol. The number of rotatable bonds is 19. The SMILES string of the molecule is O=C(O[C@H]([C@@H](OC(=O)c1ccccc1)[C@@H](COCc1ccccc1)OC(=O)c1ccccc1)[C@H](COCc1ccccc1)OC(=O)c1ccccc1)c1ccccc1. The molecule has 0 heterocycles. The van der Waals surface area contributed by atoms with Gasteiger partial charge in [0, 0.05) is 0 Å². The van der Waals surface area contributed by atoms with Gasteiger partial charge < -0.3 is 28.4 Å². The van der Waals surface area contributed by atoms with Crippen molar-refractivity contribution >= 4 is 23.9 Å². The zero-order valence-corrected chi connectivity index (χ0v) is 31.5. The molecule has 294 valence electrons. The molecule has 6 rings (SSSR count). The van der Waals surface area contributed by atoms with Crippen molar-refractivity contribution in [2.75, 3.05) is 13.2 Å². The van der Waals surface area contributed by atoms with Crippen molar-refractivity contribution in [2.45, 2.75) is 37.6 Å². The smallest absolute Gasteiger partial charge is 0.338 e. The lowest BCUT2D eigenvalue weighted by Gasteiger charge is -2.36. The molecule has 0 fully saturated rings. The van der Waals surface area contributed by atoms with Gasteiger partial charge in [0.25, 0.3) is 0 Å². The Hall–Kier alpha value is -6.88. The van der Waals surface area contributed by atoms with Gasteiger partial charge in [-0.3, -0.25) is 0 Å². The summed E-state index contributed by atoms with van der Waals surface area (Å²) in [5.41, 5.74) is 2.39. The third-order valence-corrected chi connectivity index (χ3v) is 8.89. The van der Waals surface area contributed by atoms with Gasteiger partial charge in [0.2, 0.25) is 0 Å². The first kappa shape index (κ1) is 40.8. The van der Waals surface area contributed by atoms with Crippen LogP contribution in [0.15, 0.2) is 182 Å². The quantitative estimate of drug-likeness (QED) is 0.0586. The summed E-state index contributed by atoms with van der Waals surface area (Å²) in [5.74, 6) is -3.18. The molecule has 58 heavy (non-hydrogen) atoms. The average Bonchev–Trinajstić information content (AvgIpc) is 3.28. The van der Waals surface area contributed by atoms with Crippen molar-refractivity contribution in [2.24, 2.45) is 0 Å². The van der Waals surface area contributed by atoms with E-state index >= 15 is 0 Å². The van der Waals surface area contributed by atoms with Crippen molar-refractivity contribution < 1.29 is 47.6 Å². The lowest BCUT2D eigenvalue weighted by molar-refractivity contribution is -0.147. The van der Waals surface area contributed by atoms with Crippen molar-refractivity contribution in [1.82, 2.24) is 0 Å². The van der Waals surface area contributed by atoms with Crippen LogP contribution in [0.3, 0.4) is 0 Å². The van der Waals surface area contributed by atoms with Gasteiger partial charge in [-0.2, -0.15) is 0 Å². The Balaban J connectivity index is 1.44. The molecule has 6 aromatic carbocycles. The molecule has 0 saturated heterocycles. The molecule has 0 aromatic heterocycles. The minimum atomic E-state index is -1.63. The fourth-order valence-electron chi connectivity index (χ4n) is 5.93. The highest BCUT2D eigenvalue weighted by Crippen LogP contribution is 2.25. The van der Waals surface area contributed by atoms with E-state index in [1.54, 1.807) is 121 Å². The zero-order valence-electron chi connectivity index (χ0n) is 31.5. The molecule has 0 spiro atoms. The summed E-state index contributed by atoms with van der Waals surface area (Å²) < 4.78 is 37.1. The van der Waals surface area contributed by atoms with Gasteiger partial charge in [0.15, 0.2) is 24.4 Å². The van der Waals surface area contributed by atoms with E-state index in [9.17, 15) is 19.2 Å². The predicted octanol–water partition coefficient (Wildman–Crippen LogP) is 8.32. The van der Waals surface area contributed by atoms with E-state index in [2.05, 4.69) is 0 Å². The van der Waals surface area contributed by atoms with Crippen LogP contribution in [0, 0.1) is 0 Å². The second-order valence-electron chi connectivity index (χ2n) is 13.1. The van der Waals surface area contributed by atoms with Crippen LogP contribution >= 0.6 is 0 Å². The standard InChI is InChI=1S/C48H42O10/c49-45(37-23-11-3-12-24-37)55-41(33-53-31-35-19-7-1-8-20-35)43(57-47(51)39-27-15-5-16-28-39)44(58-48(52)40-29-17-6-18-30-40)42(34-54-32-36-21-9-2-10-22-36)56-46(50)38-25-13-4-14-26-38/h1-30,41-44H,31-34H2/t41-,42+,43-,44-/m0/s1. The summed E-state index contributed by atoms with van der Waals surface area (Å²) in [4.78, 5) is 55.8. The maximum atomic E-state index is 14.1. The van der Waals surface area contributed by atoms with Gasteiger partial charge in [0.05, 0.1) is 48.7 Å². The van der Waals surface area contributed by atoms with Crippen molar-refractivity contribution in [1.29, 1.82) is 0 Å². The molecule has 0 N–H and O–H groups in total. The molecule has 0 bridgehead atoms. The Morgan fingerprint density at radius 3 is 0.845 bits per heavy atom. The molecule has 4 atom stereocenters. The zero-order chi connectivity index (χ0) is 40.4. The van der Waals surface area contributed by atoms with Crippen LogP contribution in [0.4, 0.5) is 0 Å². The lowest BCUT2D eigenvalue weighted by atomic mass is 10.0. The summed E-state index contributed by atoms with van der Waals surface area (Å²) in [6.07, 6.45) is -6.11. The van der Waals surface area contributed by atoms with Crippen molar-refractivity contribution in [3.05, 3.63) is 215 Å². The molecule has 10 nitrogen and oxygen atoms in total. The summed E-state index contributed by atoms with van der Waals surface area (Å²) in [5, 5.41) is 0. The van der Waals surface area contributed by atoms with E-state index in [1.807, 2.05) is 60.7 Å². The van der Waals surface area contributed by atoms with Crippen LogP contribution in [0.1, 0.15) is 52.6 Å². The van der Waals surface area contributed by atoms with E-state index < -0.39 is 48.3 Å². The van der Waals surface area contributed by atoms with E-state index in [0.717, 1.165) is 11.1 Å². The average molecular weight is 779 g/mol.